The van der Waals surface area contributed by atoms with Gasteiger partial charge in [0.05, 0.1) is 19.2 Å². The Morgan fingerprint density at radius 1 is 1.12 bits per heavy atom. The minimum atomic E-state index is 0.125. The lowest BCUT2D eigenvalue weighted by molar-refractivity contribution is -0.130. The van der Waals surface area contributed by atoms with Gasteiger partial charge in [-0.15, -0.1) is 0 Å². The Morgan fingerprint density at radius 2 is 1.91 bits per heavy atom. The molecule has 1 amide bonds. The first-order valence-corrected chi connectivity index (χ1v) is 12.8. The second-order valence-electron chi connectivity index (χ2n) is 9.26. The number of carbonyl (C=O) groups excluding carboxylic acids is 1. The van der Waals surface area contributed by atoms with Gasteiger partial charge in [-0.2, -0.15) is 0 Å². The summed E-state index contributed by atoms with van der Waals surface area (Å²) in [6.45, 7) is 5.58. The molecule has 1 aromatic heterocycles. The number of piperazine rings is 1. The number of amides is 1. The summed E-state index contributed by atoms with van der Waals surface area (Å²) in [7, 11) is 1.64. The number of fused-ring (bicyclic) bond motifs is 1. The molecule has 176 valence electrons. The Hall–Kier alpha value is -2.19. The zero-order chi connectivity index (χ0) is 22.8. The van der Waals surface area contributed by atoms with E-state index < -0.39 is 0 Å². The van der Waals surface area contributed by atoms with Gasteiger partial charge < -0.3 is 14.5 Å². The maximum atomic E-state index is 13.1. The average Bonchev–Trinajstić information content (AvgIpc) is 3.01. The largest absolute Gasteiger partial charge is 0.496 e. The minimum Gasteiger partial charge on any atom is -0.496 e. The van der Waals surface area contributed by atoms with Crippen molar-refractivity contribution in [1.29, 1.82) is 0 Å². The van der Waals surface area contributed by atoms with E-state index >= 15 is 0 Å². The third kappa shape index (κ3) is 5.01. The van der Waals surface area contributed by atoms with Crippen LogP contribution in [0.15, 0.2) is 28.9 Å². The molecule has 7 nitrogen and oxygen atoms in total. The fourth-order valence-corrected chi connectivity index (χ4v) is 5.47. The maximum absolute atomic E-state index is 13.1. The van der Waals surface area contributed by atoms with Gasteiger partial charge in [0.25, 0.3) is 0 Å². The predicted octanol–water partition coefficient (Wildman–Crippen LogP) is 3.09. The number of halogens is 1. The van der Waals surface area contributed by atoms with Gasteiger partial charge in [-0.05, 0) is 43.0 Å². The molecule has 33 heavy (non-hydrogen) atoms. The highest BCUT2D eigenvalue weighted by Gasteiger charge is 2.29. The molecule has 2 aromatic rings. The fourth-order valence-electron chi connectivity index (χ4n) is 5.07. The number of ether oxygens (including phenoxy) is 1. The van der Waals surface area contributed by atoms with E-state index in [1.54, 1.807) is 7.11 Å². The first-order valence-electron chi connectivity index (χ1n) is 12.0. The summed E-state index contributed by atoms with van der Waals surface area (Å²) < 4.78 is 6.40. The van der Waals surface area contributed by atoms with Gasteiger partial charge in [-0.25, -0.2) is 9.97 Å². The lowest BCUT2D eigenvalue weighted by atomic mass is 9.91. The van der Waals surface area contributed by atoms with Gasteiger partial charge in [0.2, 0.25) is 11.9 Å². The molecule has 8 heteroatoms. The summed E-state index contributed by atoms with van der Waals surface area (Å²) in [5.41, 5.74) is 3.17. The molecule has 1 saturated heterocycles. The summed E-state index contributed by atoms with van der Waals surface area (Å²) in [6, 6.07) is 6.60. The van der Waals surface area contributed by atoms with E-state index in [0.717, 1.165) is 72.5 Å². The predicted molar refractivity (Wildman–Crippen MR) is 132 cm³/mol. The number of rotatable bonds is 5. The molecular formula is C25H32BrN5O2. The van der Waals surface area contributed by atoms with E-state index in [4.69, 9.17) is 14.7 Å². The van der Waals surface area contributed by atoms with Gasteiger partial charge in [-0.1, -0.05) is 22.4 Å². The highest BCUT2D eigenvalue weighted by molar-refractivity contribution is 9.10. The van der Waals surface area contributed by atoms with Crippen molar-refractivity contribution in [1.82, 2.24) is 19.8 Å². The average molecular weight is 514 g/mol. The number of aromatic nitrogens is 2. The minimum absolute atomic E-state index is 0.125. The zero-order valence-corrected chi connectivity index (χ0v) is 20.9. The number of hydrogen-bond donors (Lipinski definition) is 0. The Kier molecular flexibility index (Phi) is 6.83. The number of methoxy groups -OCH3 is 1. The van der Waals surface area contributed by atoms with Crippen LogP contribution >= 0.6 is 15.9 Å². The van der Waals surface area contributed by atoms with E-state index in [0.29, 0.717) is 19.5 Å². The monoisotopic (exact) mass is 513 g/mol. The van der Waals surface area contributed by atoms with Crippen molar-refractivity contribution in [3.8, 4) is 5.75 Å². The lowest BCUT2D eigenvalue weighted by Crippen LogP contribution is -2.52. The van der Waals surface area contributed by atoms with Crippen LogP contribution < -0.4 is 9.64 Å². The molecule has 5 rings (SSSR count). The molecule has 0 N–H and O–H groups in total. The first kappa shape index (κ1) is 22.6. The van der Waals surface area contributed by atoms with Crippen molar-refractivity contribution in [2.75, 3.05) is 51.3 Å². The molecule has 0 bridgehead atoms. The molecule has 1 aromatic carbocycles. The molecule has 3 aliphatic rings. The number of anilines is 1. The molecule has 3 heterocycles. The molecule has 1 saturated carbocycles. The van der Waals surface area contributed by atoms with E-state index in [2.05, 4.69) is 25.7 Å². The van der Waals surface area contributed by atoms with Crippen LogP contribution in [0.25, 0.3) is 0 Å². The van der Waals surface area contributed by atoms with E-state index in [-0.39, 0.29) is 5.91 Å². The van der Waals surface area contributed by atoms with Crippen LogP contribution in [0.4, 0.5) is 5.95 Å². The normalized spacial score (nSPS) is 19.6. The standard InChI is InChI=1S/C25H32BrN5O2/c1-33-23-6-5-20(26)15-19(23)16-24(32)30-9-7-18-17-27-25(28-22(18)8-10-30)31-13-11-29(12-14-31)21-3-2-4-21/h5-6,15,17,21H,2-4,7-14,16H2,1H3. The second-order valence-corrected chi connectivity index (χ2v) is 10.2. The van der Waals surface area contributed by atoms with Crippen molar-refractivity contribution >= 4 is 27.8 Å². The first-order chi connectivity index (χ1) is 16.1. The molecule has 0 unspecified atom stereocenters. The molecule has 0 radical (unpaired) electrons. The Bertz CT molecular complexity index is 1000. The van der Waals surface area contributed by atoms with Crippen molar-refractivity contribution in [3.63, 3.8) is 0 Å². The van der Waals surface area contributed by atoms with Gasteiger partial charge >= 0.3 is 0 Å². The highest BCUT2D eigenvalue weighted by atomic mass is 79.9. The van der Waals surface area contributed by atoms with Crippen molar-refractivity contribution < 1.29 is 9.53 Å². The summed E-state index contributed by atoms with van der Waals surface area (Å²) >= 11 is 3.50. The third-order valence-corrected chi connectivity index (χ3v) is 7.83. The third-order valence-electron chi connectivity index (χ3n) is 7.34. The number of hydrogen-bond acceptors (Lipinski definition) is 6. The highest BCUT2D eigenvalue weighted by Crippen LogP contribution is 2.27. The van der Waals surface area contributed by atoms with Crippen LogP contribution in [0.2, 0.25) is 0 Å². The lowest BCUT2D eigenvalue weighted by Gasteiger charge is -2.43. The van der Waals surface area contributed by atoms with Gasteiger partial charge in [-0.3, -0.25) is 9.69 Å². The van der Waals surface area contributed by atoms with Crippen LogP contribution in [0.5, 0.6) is 5.75 Å². The number of benzene rings is 1. The Labute approximate surface area is 204 Å². The summed E-state index contributed by atoms with van der Waals surface area (Å²) in [5, 5.41) is 0. The molecule has 2 aliphatic heterocycles. The topological polar surface area (TPSA) is 61.8 Å². The maximum Gasteiger partial charge on any atom is 0.227 e. The van der Waals surface area contributed by atoms with Crippen LogP contribution in [-0.2, 0) is 24.1 Å². The molecule has 1 aliphatic carbocycles. The molecular weight excluding hydrogens is 482 g/mol. The van der Waals surface area contributed by atoms with Crippen molar-refractivity contribution in [2.45, 2.75) is 44.6 Å². The zero-order valence-electron chi connectivity index (χ0n) is 19.3. The van der Waals surface area contributed by atoms with Crippen LogP contribution in [0.1, 0.15) is 36.1 Å². The molecule has 0 atom stereocenters. The fraction of sp³-hybridized carbons (Fsp3) is 0.560. The van der Waals surface area contributed by atoms with Gasteiger partial charge in [0.1, 0.15) is 5.75 Å². The van der Waals surface area contributed by atoms with Crippen molar-refractivity contribution in [3.05, 3.63) is 45.7 Å². The molecule has 2 fully saturated rings. The summed E-state index contributed by atoms with van der Waals surface area (Å²) in [4.78, 5) is 29.7. The van der Waals surface area contributed by atoms with Gasteiger partial charge in [0, 0.05) is 68.0 Å². The van der Waals surface area contributed by atoms with E-state index in [9.17, 15) is 4.79 Å². The van der Waals surface area contributed by atoms with E-state index in [1.807, 2.05) is 29.3 Å². The van der Waals surface area contributed by atoms with E-state index in [1.165, 1.54) is 24.8 Å². The summed E-state index contributed by atoms with van der Waals surface area (Å²) in [6.07, 6.45) is 8.00. The Morgan fingerprint density at radius 3 is 2.64 bits per heavy atom. The quantitative estimate of drug-likeness (QED) is 0.612. The molecule has 0 spiro atoms. The van der Waals surface area contributed by atoms with Crippen LogP contribution in [-0.4, -0.2) is 78.1 Å². The van der Waals surface area contributed by atoms with Crippen LogP contribution in [0.3, 0.4) is 0 Å². The number of nitrogens with zero attached hydrogens (tertiary/aromatic N) is 5. The van der Waals surface area contributed by atoms with Crippen molar-refractivity contribution in [2.24, 2.45) is 0 Å². The second kappa shape index (κ2) is 9.97. The van der Waals surface area contributed by atoms with Gasteiger partial charge in [0.15, 0.2) is 0 Å². The van der Waals surface area contributed by atoms with Crippen LogP contribution in [0, 0.1) is 0 Å². The number of carbonyl (C=O) groups is 1. The smallest absolute Gasteiger partial charge is 0.227 e. The SMILES string of the molecule is COc1ccc(Br)cc1CC(=O)N1CCc2cnc(N3CCN(C4CCC4)CC3)nc2CC1. The Balaban J connectivity index is 1.21. The summed E-state index contributed by atoms with van der Waals surface area (Å²) in [5.74, 6) is 1.72.